The summed E-state index contributed by atoms with van der Waals surface area (Å²) in [5, 5.41) is 0. The molecule has 0 saturated heterocycles. The monoisotopic (exact) mass is 295 g/mol. The van der Waals surface area contributed by atoms with Gasteiger partial charge in [0.05, 0.1) is 7.11 Å². The topological polar surface area (TPSA) is 29.5 Å². The summed E-state index contributed by atoms with van der Waals surface area (Å²) in [5.41, 5.74) is 4.19. The summed E-state index contributed by atoms with van der Waals surface area (Å²) in [6, 6.07) is 13.9. The number of fused-ring (bicyclic) bond motifs is 1. The zero-order valence-electron chi connectivity index (χ0n) is 13.3. The van der Waals surface area contributed by atoms with Crippen molar-refractivity contribution in [3.05, 3.63) is 59.2 Å². The van der Waals surface area contributed by atoms with Crippen LogP contribution in [0.3, 0.4) is 0 Å². The lowest BCUT2D eigenvalue weighted by Gasteiger charge is -2.35. The second-order valence-corrected chi connectivity index (χ2v) is 5.92. The molecule has 3 heteroatoms. The van der Waals surface area contributed by atoms with Crippen molar-refractivity contribution in [2.75, 3.05) is 12.0 Å². The maximum absolute atomic E-state index is 13.0. The second-order valence-electron chi connectivity index (χ2n) is 5.92. The Bertz CT molecular complexity index is 691. The molecule has 3 nitrogen and oxygen atoms in total. The van der Waals surface area contributed by atoms with Crippen molar-refractivity contribution in [1.82, 2.24) is 0 Å². The molecule has 0 saturated carbocycles. The van der Waals surface area contributed by atoms with Gasteiger partial charge in [-0.25, -0.2) is 0 Å². The lowest BCUT2D eigenvalue weighted by Crippen LogP contribution is -2.42. The first kappa shape index (κ1) is 14.6. The molecule has 0 aromatic heterocycles. The third-order valence-corrected chi connectivity index (χ3v) is 4.33. The zero-order valence-corrected chi connectivity index (χ0v) is 13.3. The van der Waals surface area contributed by atoms with E-state index in [1.54, 1.807) is 7.11 Å². The molecule has 0 aliphatic carbocycles. The Labute approximate surface area is 131 Å². The third kappa shape index (κ3) is 2.59. The van der Waals surface area contributed by atoms with Gasteiger partial charge in [-0.05, 0) is 68.1 Å². The Balaban J connectivity index is 1.99. The fraction of sp³-hybridized carbons (Fsp3) is 0.316. The summed E-state index contributed by atoms with van der Waals surface area (Å²) in [6.45, 7) is 4.18. The molecule has 1 aliphatic heterocycles. The van der Waals surface area contributed by atoms with Crippen LogP contribution in [-0.4, -0.2) is 19.1 Å². The summed E-state index contributed by atoms with van der Waals surface area (Å²) < 4.78 is 5.16. The van der Waals surface area contributed by atoms with E-state index in [0.29, 0.717) is 5.56 Å². The van der Waals surface area contributed by atoms with Crippen LogP contribution in [0.1, 0.15) is 34.8 Å². The lowest BCUT2D eigenvalue weighted by molar-refractivity contribution is 0.0975. The predicted octanol–water partition coefficient (Wildman–Crippen LogP) is 3.99. The highest BCUT2D eigenvalue weighted by Crippen LogP contribution is 2.33. The maximum atomic E-state index is 13.0. The number of methoxy groups -OCH3 is 1. The smallest absolute Gasteiger partial charge is 0.258 e. The molecule has 114 valence electrons. The molecule has 1 heterocycles. The molecule has 0 N–H and O–H groups in total. The van der Waals surface area contributed by atoms with Crippen LogP contribution in [0.2, 0.25) is 0 Å². The summed E-state index contributed by atoms with van der Waals surface area (Å²) in [4.78, 5) is 14.9. The molecule has 0 bridgehead atoms. The maximum Gasteiger partial charge on any atom is 0.258 e. The molecule has 0 spiro atoms. The number of nitrogens with zero attached hydrogens (tertiary/aromatic N) is 1. The van der Waals surface area contributed by atoms with Crippen molar-refractivity contribution >= 4 is 11.6 Å². The van der Waals surface area contributed by atoms with Gasteiger partial charge in [0, 0.05) is 17.3 Å². The molecule has 0 fully saturated rings. The van der Waals surface area contributed by atoms with Crippen molar-refractivity contribution in [3.63, 3.8) is 0 Å². The Morgan fingerprint density at radius 3 is 2.59 bits per heavy atom. The van der Waals surface area contributed by atoms with Gasteiger partial charge in [0.2, 0.25) is 0 Å². The highest BCUT2D eigenvalue weighted by atomic mass is 16.5. The van der Waals surface area contributed by atoms with Crippen molar-refractivity contribution < 1.29 is 9.53 Å². The minimum absolute atomic E-state index is 0.0571. The van der Waals surface area contributed by atoms with Gasteiger partial charge in [-0.2, -0.15) is 0 Å². The van der Waals surface area contributed by atoms with Crippen LogP contribution in [-0.2, 0) is 6.42 Å². The van der Waals surface area contributed by atoms with Gasteiger partial charge >= 0.3 is 0 Å². The largest absolute Gasteiger partial charge is 0.497 e. The summed E-state index contributed by atoms with van der Waals surface area (Å²) in [5.74, 6) is 0.821. The van der Waals surface area contributed by atoms with E-state index in [9.17, 15) is 4.79 Å². The number of anilines is 1. The summed E-state index contributed by atoms with van der Waals surface area (Å²) in [6.07, 6.45) is 2.03. The molecule has 1 amide bonds. The summed E-state index contributed by atoms with van der Waals surface area (Å²) in [7, 11) is 1.63. The van der Waals surface area contributed by atoms with E-state index in [0.717, 1.165) is 24.3 Å². The average molecular weight is 295 g/mol. The quantitative estimate of drug-likeness (QED) is 0.838. The van der Waals surface area contributed by atoms with Crippen LogP contribution in [0.5, 0.6) is 5.75 Å². The van der Waals surface area contributed by atoms with Gasteiger partial charge in [0.15, 0.2) is 0 Å². The Kier molecular flexibility index (Phi) is 3.88. The van der Waals surface area contributed by atoms with Crippen molar-refractivity contribution in [1.29, 1.82) is 0 Å². The fourth-order valence-corrected chi connectivity index (χ4v) is 3.02. The molecule has 2 aromatic carbocycles. The minimum Gasteiger partial charge on any atom is -0.497 e. The molecule has 2 aromatic rings. The number of benzene rings is 2. The van der Waals surface area contributed by atoms with E-state index in [2.05, 4.69) is 32.0 Å². The van der Waals surface area contributed by atoms with Crippen molar-refractivity contribution in [2.45, 2.75) is 32.7 Å². The number of rotatable bonds is 2. The van der Waals surface area contributed by atoms with E-state index in [4.69, 9.17) is 4.74 Å². The molecule has 0 radical (unpaired) electrons. The Hall–Kier alpha value is -2.29. The number of amides is 1. The first-order valence-corrected chi connectivity index (χ1v) is 7.67. The van der Waals surface area contributed by atoms with Crippen LogP contribution in [0.4, 0.5) is 5.69 Å². The normalized spacial score (nSPS) is 17.0. The highest BCUT2D eigenvalue weighted by Gasteiger charge is 2.28. The number of ether oxygens (including phenoxy) is 1. The van der Waals surface area contributed by atoms with Crippen molar-refractivity contribution in [3.8, 4) is 5.75 Å². The molecule has 22 heavy (non-hydrogen) atoms. The van der Waals surface area contributed by atoms with Gasteiger partial charge in [-0.15, -0.1) is 0 Å². The molecule has 3 rings (SSSR count). The molecule has 0 unspecified atom stereocenters. The fourth-order valence-electron chi connectivity index (χ4n) is 3.02. The summed E-state index contributed by atoms with van der Waals surface area (Å²) >= 11 is 0. The first-order valence-electron chi connectivity index (χ1n) is 7.67. The second kappa shape index (κ2) is 5.84. The molecule has 1 atom stereocenters. The van der Waals surface area contributed by atoms with E-state index in [-0.39, 0.29) is 11.9 Å². The molecule has 1 aliphatic rings. The van der Waals surface area contributed by atoms with E-state index in [1.165, 1.54) is 11.1 Å². The van der Waals surface area contributed by atoms with Crippen molar-refractivity contribution in [2.24, 2.45) is 0 Å². The Morgan fingerprint density at radius 1 is 1.18 bits per heavy atom. The minimum atomic E-state index is 0.0571. The zero-order chi connectivity index (χ0) is 15.7. The van der Waals surface area contributed by atoms with E-state index < -0.39 is 0 Å². The first-order chi connectivity index (χ1) is 10.6. The SMILES string of the molecule is COc1ccc(C(=O)N2c3cc(C)ccc3CC[C@@H]2C)cc1. The highest BCUT2D eigenvalue weighted by molar-refractivity contribution is 6.07. The van der Waals surface area contributed by atoms with E-state index >= 15 is 0 Å². The molecular formula is C19H21NO2. The van der Waals surface area contributed by atoms with Gasteiger partial charge in [0.1, 0.15) is 5.75 Å². The molecular weight excluding hydrogens is 274 g/mol. The van der Waals surface area contributed by atoms with Gasteiger partial charge in [-0.1, -0.05) is 12.1 Å². The van der Waals surface area contributed by atoms with E-state index in [1.807, 2.05) is 29.2 Å². The standard InChI is InChI=1S/C19H21NO2/c1-13-4-6-15-7-5-14(2)20(18(15)12-13)19(21)16-8-10-17(22-3)11-9-16/h4,6,8-12,14H,5,7H2,1-3H3/t14-/m0/s1. The van der Waals surface area contributed by atoms with Gasteiger partial charge < -0.3 is 9.64 Å². The Morgan fingerprint density at radius 2 is 1.91 bits per heavy atom. The van der Waals surface area contributed by atoms with Gasteiger partial charge in [0.25, 0.3) is 5.91 Å². The average Bonchev–Trinajstić information content (AvgIpc) is 2.54. The van der Waals surface area contributed by atoms with Crippen LogP contribution in [0, 0.1) is 6.92 Å². The van der Waals surface area contributed by atoms with Crippen LogP contribution in [0.15, 0.2) is 42.5 Å². The number of carbonyl (C=O) groups excluding carboxylic acids is 1. The number of carbonyl (C=O) groups is 1. The number of hydrogen-bond donors (Lipinski definition) is 0. The number of hydrogen-bond acceptors (Lipinski definition) is 2. The van der Waals surface area contributed by atoms with Crippen LogP contribution in [0.25, 0.3) is 0 Å². The van der Waals surface area contributed by atoms with Crippen LogP contribution < -0.4 is 9.64 Å². The number of aryl methyl sites for hydroxylation is 2. The third-order valence-electron chi connectivity index (χ3n) is 4.33. The lowest BCUT2D eigenvalue weighted by atomic mass is 9.94. The predicted molar refractivity (Wildman–Crippen MR) is 88.8 cm³/mol. The van der Waals surface area contributed by atoms with Gasteiger partial charge in [-0.3, -0.25) is 4.79 Å². The van der Waals surface area contributed by atoms with Crippen LogP contribution >= 0.6 is 0 Å².